The van der Waals surface area contributed by atoms with Gasteiger partial charge in [0.15, 0.2) is 11.6 Å². The quantitative estimate of drug-likeness (QED) is 0.325. The van der Waals surface area contributed by atoms with Crippen LogP contribution in [0.1, 0.15) is 96.0 Å². The van der Waals surface area contributed by atoms with Gasteiger partial charge in [0, 0.05) is 0 Å². The topological polar surface area (TPSA) is 9.23 Å². The third kappa shape index (κ3) is 7.26. The van der Waals surface area contributed by atoms with E-state index in [2.05, 4.69) is 30.7 Å². The second-order valence-electron chi connectivity index (χ2n) is 11.3. The zero-order valence-corrected chi connectivity index (χ0v) is 21.6. The molecule has 0 heterocycles. The summed E-state index contributed by atoms with van der Waals surface area (Å²) < 4.78 is 55.0. The van der Waals surface area contributed by atoms with Crippen LogP contribution in [0.25, 0.3) is 11.1 Å². The van der Waals surface area contributed by atoms with E-state index in [9.17, 15) is 17.6 Å². The van der Waals surface area contributed by atoms with Crippen molar-refractivity contribution in [2.45, 2.75) is 96.8 Å². The van der Waals surface area contributed by atoms with Crippen LogP contribution in [-0.2, 0) is 0 Å². The Morgan fingerprint density at radius 3 is 2.03 bits per heavy atom. The van der Waals surface area contributed by atoms with Crippen LogP contribution < -0.4 is 4.74 Å². The van der Waals surface area contributed by atoms with Gasteiger partial charge in [-0.1, -0.05) is 69.9 Å². The van der Waals surface area contributed by atoms with Crippen molar-refractivity contribution in [2.24, 2.45) is 23.7 Å². The van der Waals surface area contributed by atoms with Crippen molar-refractivity contribution >= 4 is 0 Å². The van der Waals surface area contributed by atoms with Crippen molar-refractivity contribution < 1.29 is 22.3 Å². The van der Waals surface area contributed by atoms with Crippen LogP contribution in [0.3, 0.4) is 0 Å². The van der Waals surface area contributed by atoms with Gasteiger partial charge in [-0.3, -0.25) is 0 Å². The Morgan fingerprint density at radius 2 is 1.44 bits per heavy atom. The van der Waals surface area contributed by atoms with E-state index in [1.165, 1.54) is 82.3 Å². The summed E-state index contributed by atoms with van der Waals surface area (Å²) >= 11 is 0. The number of ether oxygens (including phenoxy) is 1. The molecule has 5 heteroatoms. The van der Waals surface area contributed by atoms with E-state index in [1.54, 1.807) is 0 Å². The summed E-state index contributed by atoms with van der Waals surface area (Å²) in [4.78, 5) is 0. The molecule has 0 N–H and O–H groups in total. The highest BCUT2D eigenvalue weighted by Gasteiger charge is 2.32. The molecular weight excluding hydrogens is 464 g/mol. The van der Waals surface area contributed by atoms with E-state index < -0.39 is 17.9 Å². The second-order valence-corrected chi connectivity index (χ2v) is 11.3. The van der Waals surface area contributed by atoms with Crippen LogP contribution in [0, 0.1) is 29.5 Å². The molecule has 2 fully saturated rings. The van der Waals surface area contributed by atoms with Crippen molar-refractivity contribution in [3.8, 4) is 16.9 Å². The van der Waals surface area contributed by atoms with Crippen molar-refractivity contribution in [3.63, 3.8) is 0 Å². The minimum absolute atomic E-state index is 0.537. The van der Waals surface area contributed by atoms with E-state index in [0.717, 1.165) is 41.4 Å². The molecule has 4 rings (SSSR count). The molecule has 0 bridgehead atoms. The fourth-order valence-corrected chi connectivity index (χ4v) is 6.74. The third-order valence-electron chi connectivity index (χ3n) is 8.82. The molecule has 0 radical (unpaired) electrons. The smallest absolute Gasteiger partial charge is 0.403 e. The van der Waals surface area contributed by atoms with Gasteiger partial charge in [-0.25, -0.2) is 4.39 Å². The number of hydrogen-bond acceptors (Lipinski definition) is 1. The first-order chi connectivity index (χ1) is 17.2. The van der Waals surface area contributed by atoms with Crippen LogP contribution in [0.15, 0.2) is 42.5 Å². The maximum absolute atomic E-state index is 14.1. The fourth-order valence-electron chi connectivity index (χ4n) is 6.74. The van der Waals surface area contributed by atoms with E-state index in [1.807, 2.05) is 12.1 Å². The van der Waals surface area contributed by atoms with E-state index in [0.29, 0.717) is 11.5 Å². The Balaban J connectivity index is 1.26. The van der Waals surface area contributed by atoms with Gasteiger partial charge in [0.25, 0.3) is 0 Å². The summed E-state index contributed by atoms with van der Waals surface area (Å²) in [5, 5.41) is 0. The zero-order valence-electron chi connectivity index (χ0n) is 21.6. The monoisotopic (exact) mass is 504 g/mol. The van der Waals surface area contributed by atoms with Gasteiger partial charge >= 0.3 is 6.36 Å². The summed E-state index contributed by atoms with van der Waals surface area (Å²) in [5.74, 6) is 2.29. The lowest BCUT2D eigenvalue weighted by molar-refractivity contribution is -0.275. The molecule has 2 aromatic carbocycles. The van der Waals surface area contributed by atoms with Crippen molar-refractivity contribution in [1.29, 1.82) is 0 Å². The molecule has 36 heavy (non-hydrogen) atoms. The standard InChI is InChI=1S/C31H40F4O/c1-3-4-22-5-9-24(10-6-22)21(2)19-23-7-11-25(12-8-23)26-13-15-27(16-14-26)28-17-18-30(29(32)20-28)36-31(33,34)35/h13-18,20-25H,3-12,19H2,1-2H3. The molecular formula is C31H40F4O. The Bertz CT molecular complexity index is 952. The molecule has 2 saturated carbocycles. The van der Waals surface area contributed by atoms with Gasteiger partial charge in [-0.15, -0.1) is 13.2 Å². The lowest BCUT2D eigenvalue weighted by Gasteiger charge is -2.36. The lowest BCUT2D eigenvalue weighted by atomic mass is 9.70. The van der Waals surface area contributed by atoms with Gasteiger partial charge < -0.3 is 4.74 Å². The van der Waals surface area contributed by atoms with Crippen LogP contribution in [0.2, 0.25) is 0 Å². The first-order valence-corrected chi connectivity index (χ1v) is 13.9. The number of halogens is 4. The predicted octanol–water partition coefficient (Wildman–Crippen LogP) is 10.3. The summed E-state index contributed by atoms with van der Waals surface area (Å²) in [6.07, 6.45) is 9.90. The highest BCUT2D eigenvalue weighted by molar-refractivity contribution is 5.64. The second kappa shape index (κ2) is 12.0. The molecule has 1 atom stereocenters. The highest BCUT2D eigenvalue weighted by atomic mass is 19.4. The van der Waals surface area contributed by atoms with E-state index >= 15 is 0 Å². The first kappa shape index (κ1) is 27.0. The molecule has 0 aromatic heterocycles. The molecule has 198 valence electrons. The molecule has 0 aliphatic heterocycles. The molecule has 0 amide bonds. The van der Waals surface area contributed by atoms with Gasteiger partial charge in [-0.05, 0) is 103 Å². The van der Waals surface area contributed by atoms with Crippen LogP contribution >= 0.6 is 0 Å². The van der Waals surface area contributed by atoms with E-state index in [-0.39, 0.29) is 0 Å². The van der Waals surface area contributed by atoms with Crippen molar-refractivity contribution in [2.75, 3.05) is 0 Å². The maximum Gasteiger partial charge on any atom is 0.573 e. The fraction of sp³-hybridized carbons (Fsp3) is 0.613. The zero-order chi connectivity index (χ0) is 25.7. The third-order valence-corrected chi connectivity index (χ3v) is 8.82. The predicted molar refractivity (Wildman–Crippen MR) is 137 cm³/mol. The van der Waals surface area contributed by atoms with Crippen molar-refractivity contribution in [1.82, 2.24) is 0 Å². The summed E-state index contributed by atoms with van der Waals surface area (Å²) in [5.41, 5.74) is 2.62. The number of alkyl halides is 3. The van der Waals surface area contributed by atoms with Crippen LogP contribution in [0.4, 0.5) is 17.6 Å². The van der Waals surface area contributed by atoms with Crippen LogP contribution in [0.5, 0.6) is 5.75 Å². The lowest BCUT2D eigenvalue weighted by Crippen LogP contribution is -2.23. The SMILES string of the molecule is CCCC1CCC(C(C)CC2CCC(c3ccc(-c4ccc(OC(F)(F)F)c(F)c4)cc3)CC2)CC1. The molecule has 1 unspecified atom stereocenters. The molecule has 2 aromatic rings. The van der Waals surface area contributed by atoms with Gasteiger partial charge in [0.2, 0.25) is 0 Å². The Hall–Kier alpha value is -2.04. The number of benzene rings is 2. The molecule has 0 spiro atoms. The number of rotatable bonds is 8. The van der Waals surface area contributed by atoms with Gasteiger partial charge in [0.1, 0.15) is 0 Å². The minimum atomic E-state index is -4.91. The maximum atomic E-state index is 14.1. The first-order valence-electron chi connectivity index (χ1n) is 13.9. The molecule has 2 aliphatic carbocycles. The Morgan fingerprint density at radius 1 is 0.833 bits per heavy atom. The average molecular weight is 505 g/mol. The molecule has 2 aliphatic rings. The normalized spacial score (nSPS) is 25.9. The minimum Gasteiger partial charge on any atom is -0.403 e. The number of hydrogen-bond donors (Lipinski definition) is 0. The largest absolute Gasteiger partial charge is 0.573 e. The Labute approximate surface area is 213 Å². The summed E-state index contributed by atoms with van der Waals surface area (Å²) in [7, 11) is 0. The summed E-state index contributed by atoms with van der Waals surface area (Å²) in [6, 6.07) is 11.7. The highest BCUT2D eigenvalue weighted by Crippen LogP contribution is 2.42. The van der Waals surface area contributed by atoms with Crippen molar-refractivity contribution in [3.05, 3.63) is 53.8 Å². The van der Waals surface area contributed by atoms with Gasteiger partial charge in [0.05, 0.1) is 0 Å². The summed E-state index contributed by atoms with van der Waals surface area (Å²) in [6.45, 7) is 4.79. The van der Waals surface area contributed by atoms with E-state index in [4.69, 9.17) is 0 Å². The molecule has 1 nitrogen and oxygen atoms in total. The van der Waals surface area contributed by atoms with Gasteiger partial charge in [-0.2, -0.15) is 0 Å². The average Bonchev–Trinajstić information content (AvgIpc) is 2.86. The molecule has 0 saturated heterocycles. The Kier molecular flexibility index (Phi) is 9.00. The van der Waals surface area contributed by atoms with Crippen LogP contribution in [-0.4, -0.2) is 6.36 Å².